The molecule has 0 unspecified atom stereocenters. The Hall–Kier alpha value is -2.50. The van der Waals surface area contributed by atoms with Crippen molar-refractivity contribution in [3.8, 4) is 0 Å². The van der Waals surface area contributed by atoms with Gasteiger partial charge in [0.25, 0.3) is 0 Å². The van der Waals surface area contributed by atoms with Gasteiger partial charge >= 0.3 is 0 Å². The minimum absolute atomic E-state index is 0.0215. The quantitative estimate of drug-likeness (QED) is 0.461. The Kier molecular flexibility index (Phi) is 6.66. The Morgan fingerprint density at radius 2 is 2.04 bits per heavy atom. The number of aliphatic imine (C=N–C) groups is 1. The van der Waals surface area contributed by atoms with Crippen molar-refractivity contribution < 1.29 is 4.79 Å². The third-order valence-electron chi connectivity index (χ3n) is 3.82. The van der Waals surface area contributed by atoms with Crippen LogP contribution in [-0.2, 0) is 11.2 Å². The largest absolute Gasteiger partial charge is 0.361 e. The Balaban J connectivity index is 1.80. The molecule has 0 saturated carbocycles. The molecule has 0 bridgehead atoms. The number of rotatable bonds is 7. The predicted octanol–water partition coefficient (Wildman–Crippen LogP) is 1.71. The summed E-state index contributed by atoms with van der Waals surface area (Å²) in [4.78, 5) is 19.1. The molecule has 24 heavy (non-hydrogen) atoms. The van der Waals surface area contributed by atoms with Crippen LogP contribution in [0.5, 0.6) is 0 Å². The first-order valence-corrected chi connectivity index (χ1v) is 8.42. The normalized spacial score (nSPS) is 11.5. The molecular weight excluding hydrogens is 302 g/mol. The molecule has 0 atom stereocenters. The summed E-state index contributed by atoms with van der Waals surface area (Å²) in [5.74, 6) is 0.615. The van der Waals surface area contributed by atoms with Crippen molar-refractivity contribution in [3.63, 3.8) is 0 Å². The van der Waals surface area contributed by atoms with Gasteiger partial charge < -0.3 is 20.9 Å². The van der Waals surface area contributed by atoms with E-state index in [0.29, 0.717) is 12.5 Å². The number of carbonyl (C=O) groups excluding carboxylic acids is 1. The van der Waals surface area contributed by atoms with Crippen molar-refractivity contribution in [2.45, 2.75) is 26.7 Å². The number of nitrogens with one attached hydrogen (secondary N) is 4. The van der Waals surface area contributed by atoms with Crippen LogP contribution in [0.15, 0.2) is 29.4 Å². The first kappa shape index (κ1) is 17.8. The van der Waals surface area contributed by atoms with Gasteiger partial charge in [-0.3, -0.25) is 9.79 Å². The monoisotopic (exact) mass is 329 g/mol. The summed E-state index contributed by atoms with van der Waals surface area (Å²) >= 11 is 0. The summed E-state index contributed by atoms with van der Waals surface area (Å²) in [6, 6.07) is 6.44. The number of nitrogens with zero attached hydrogens (tertiary/aromatic N) is 1. The maximum atomic E-state index is 11.6. The summed E-state index contributed by atoms with van der Waals surface area (Å²) in [6.45, 7) is 5.80. The van der Waals surface area contributed by atoms with Crippen molar-refractivity contribution in [3.05, 3.63) is 35.5 Å². The van der Waals surface area contributed by atoms with Crippen molar-refractivity contribution >= 4 is 22.8 Å². The van der Waals surface area contributed by atoms with Crippen LogP contribution >= 0.6 is 0 Å². The zero-order chi connectivity index (χ0) is 17.4. The molecule has 0 aliphatic heterocycles. The van der Waals surface area contributed by atoms with Gasteiger partial charge in [-0.2, -0.15) is 0 Å². The lowest BCUT2D eigenvalue weighted by molar-refractivity contribution is -0.120. The number of carbonyl (C=O) groups is 1. The van der Waals surface area contributed by atoms with E-state index in [2.05, 4.69) is 57.2 Å². The summed E-state index contributed by atoms with van der Waals surface area (Å²) < 4.78 is 0. The van der Waals surface area contributed by atoms with Crippen molar-refractivity contribution in [2.24, 2.45) is 4.99 Å². The summed E-state index contributed by atoms with van der Waals surface area (Å²) in [5.41, 5.74) is 3.69. The van der Waals surface area contributed by atoms with Crippen LogP contribution in [-0.4, -0.2) is 43.5 Å². The molecule has 1 aromatic carbocycles. The second kappa shape index (κ2) is 8.96. The molecule has 0 aliphatic rings. The SMILES string of the molecule is CCCNC(=O)CNC(=NC)NCCc1c[nH]c2cc(C)ccc12. The molecule has 0 radical (unpaired) electrons. The van der Waals surface area contributed by atoms with E-state index in [1.54, 1.807) is 7.05 Å². The molecule has 2 aromatic rings. The van der Waals surface area contributed by atoms with Crippen molar-refractivity contribution in [1.29, 1.82) is 0 Å². The van der Waals surface area contributed by atoms with E-state index in [1.165, 1.54) is 22.0 Å². The van der Waals surface area contributed by atoms with Crippen LogP contribution in [0.4, 0.5) is 0 Å². The van der Waals surface area contributed by atoms with Gasteiger partial charge in [-0.1, -0.05) is 19.1 Å². The van der Waals surface area contributed by atoms with Crippen LogP contribution in [0, 0.1) is 6.92 Å². The topological polar surface area (TPSA) is 81.3 Å². The van der Waals surface area contributed by atoms with Gasteiger partial charge in [-0.15, -0.1) is 0 Å². The summed E-state index contributed by atoms with van der Waals surface area (Å²) in [7, 11) is 1.70. The zero-order valence-corrected chi connectivity index (χ0v) is 14.7. The molecule has 2 rings (SSSR count). The van der Waals surface area contributed by atoms with E-state index >= 15 is 0 Å². The number of benzene rings is 1. The van der Waals surface area contributed by atoms with Crippen molar-refractivity contribution in [2.75, 3.05) is 26.7 Å². The first-order chi connectivity index (χ1) is 11.6. The molecule has 6 nitrogen and oxygen atoms in total. The molecule has 1 heterocycles. The van der Waals surface area contributed by atoms with Crippen LogP contribution in [0.25, 0.3) is 10.9 Å². The molecule has 4 N–H and O–H groups in total. The molecule has 1 amide bonds. The number of fused-ring (bicyclic) bond motifs is 1. The lowest BCUT2D eigenvalue weighted by Gasteiger charge is -2.11. The Bertz CT molecular complexity index is 704. The lowest BCUT2D eigenvalue weighted by atomic mass is 10.1. The minimum Gasteiger partial charge on any atom is -0.361 e. The van der Waals surface area contributed by atoms with E-state index < -0.39 is 0 Å². The third-order valence-corrected chi connectivity index (χ3v) is 3.82. The number of aromatic amines is 1. The predicted molar refractivity (Wildman–Crippen MR) is 99.4 cm³/mol. The van der Waals surface area contributed by atoms with Gasteiger partial charge in [0.1, 0.15) is 0 Å². The lowest BCUT2D eigenvalue weighted by Crippen LogP contribution is -2.43. The molecule has 0 fully saturated rings. The van der Waals surface area contributed by atoms with Gasteiger partial charge in [0.05, 0.1) is 6.54 Å². The van der Waals surface area contributed by atoms with Gasteiger partial charge in [0.15, 0.2) is 5.96 Å². The van der Waals surface area contributed by atoms with Gasteiger partial charge in [-0.05, 0) is 37.0 Å². The molecule has 1 aromatic heterocycles. The highest BCUT2D eigenvalue weighted by molar-refractivity contribution is 5.86. The fourth-order valence-electron chi connectivity index (χ4n) is 2.53. The Morgan fingerprint density at radius 3 is 2.79 bits per heavy atom. The van der Waals surface area contributed by atoms with E-state index in [-0.39, 0.29) is 12.5 Å². The Morgan fingerprint density at radius 1 is 1.21 bits per heavy atom. The highest BCUT2D eigenvalue weighted by atomic mass is 16.1. The average molecular weight is 329 g/mol. The number of H-pyrrole nitrogens is 1. The number of hydrogen-bond acceptors (Lipinski definition) is 2. The van der Waals surface area contributed by atoms with Crippen LogP contribution < -0.4 is 16.0 Å². The molecule has 130 valence electrons. The van der Waals surface area contributed by atoms with E-state index in [1.807, 2.05) is 6.92 Å². The third kappa shape index (κ3) is 5.01. The summed E-state index contributed by atoms with van der Waals surface area (Å²) in [6.07, 6.45) is 3.87. The number of aryl methyl sites for hydroxylation is 1. The molecule has 0 saturated heterocycles. The smallest absolute Gasteiger partial charge is 0.239 e. The number of guanidine groups is 1. The molecule has 0 aliphatic carbocycles. The molecule has 6 heteroatoms. The highest BCUT2D eigenvalue weighted by Crippen LogP contribution is 2.19. The zero-order valence-electron chi connectivity index (χ0n) is 14.7. The average Bonchev–Trinajstić information content (AvgIpc) is 2.98. The van der Waals surface area contributed by atoms with E-state index in [9.17, 15) is 4.79 Å². The maximum absolute atomic E-state index is 11.6. The first-order valence-electron chi connectivity index (χ1n) is 8.42. The van der Waals surface area contributed by atoms with Gasteiger partial charge in [-0.25, -0.2) is 0 Å². The second-order valence-corrected chi connectivity index (χ2v) is 5.82. The van der Waals surface area contributed by atoms with Crippen LogP contribution in [0.2, 0.25) is 0 Å². The van der Waals surface area contributed by atoms with Crippen molar-refractivity contribution in [1.82, 2.24) is 20.9 Å². The second-order valence-electron chi connectivity index (χ2n) is 5.82. The molecular formula is C18H27N5O. The minimum atomic E-state index is -0.0215. The molecule has 0 spiro atoms. The van der Waals surface area contributed by atoms with Gasteiger partial charge in [0, 0.05) is 37.2 Å². The van der Waals surface area contributed by atoms with Crippen LogP contribution in [0.1, 0.15) is 24.5 Å². The number of aromatic nitrogens is 1. The summed E-state index contributed by atoms with van der Waals surface area (Å²) in [5, 5.41) is 10.3. The maximum Gasteiger partial charge on any atom is 0.239 e. The fourth-order valence-corrected chi connectivity index (χ4v) is 2.53. The number of amides is 1. The van der Waals surface area contributed by atoms with Gasteiger partial charge in [0.2, 0.25) is 5.91 Å². The van der Waals surface area contributed by atoms with Crippen LogP contribution in [0.3, 0.4) is 0 Å². The standard InChI is InChI=1S/C18H27N5O/c1-4-8-20-17(24)12-23-18(19-3)21-9-7-14-11-22-16-10-13(2)5-6-15(14)16/h5-6,10-11,22H,4,7-9,12H2,1-3H3,(H,20,24)(H2,19,21,23). The van der Waals surface area contributed by atoms with E-state index in [4.69, 9.17) is 0 Å². The number of hydrogen-bond donors (Lipinski definition) is 4. The fraction of sp³-hybridized carbons (Fsp3) is 0.444. The Labute approximate surface area is 143 Å². The highest BCUT2D eigenvalue weighted by Gasteiger charge is 2.05. The van der Waals surface area contributed by atoms with E-state index in [0.717, 1.165) is 19.4 Å².